The Bertz CT molecular complexity index is 311. The molecule has 19 heavy (non-hydrogen) atoms. The number of likely N-dealkylation sites (N-methyl/N-ethyl adjacent to an activating group) is 1. The summed E-state index contributed by atoms with van der Waals surface area (Å²) in [4.78, 5) is 16.5. The topological polar surface area (TPSA) is 43.8 Å². The number of hydrogen-bond donors (Lipinski definition) is 1. The average molecular weight is 268 g/mol. The molecular formula is C15H28N2O2. The van der Waals surface area contributed by atoms with Gasteiger partial charge < -0.3 is 10.0 Å². The molecule has 0 spiro atoms. The highest BCUT2D eigenvalue weighted by Crippen LogP contribution is 2.36. The van der Waals surface area contributed by atoms with Crippen LogP contribution in [0.25, 0.3) is 0 Å². The molecule has 0 aromatic heterocycles. The van der Waals surface area contributed by atoms with Crippen molar-refractivity contribution in [1.82, 2.24) is 9.80 Å². The molecule has 0 aromatic rings. The zero-order valence-corrected chi connectivity index (χ0v) is 12.4. The quantitative estimate of drug-likeness (QED) is 0.796. The minimum Gasteiger partial charge on any atom is -0.481 e. The van der Waals surface area contributed by atoms with Crippen LogP contribution in [-0.4, -0.2) is 60.1 Å². The van der Waals surface area contributed by atoms with Crippen molar-refractivity contribution in [3.8, 4) is 0 Å². The van der Waals surface area contributed by atoms with E-state index in [9.17, 15) is 9.90 Å². The van der Waals surface area contributed by atoms with Gasteiger partial charge in [-0.3, -0.25) is 9.69 Å². The molecule has 1 aliphatic carbocycles. The fourth-order valence-electron chi connectivity index (χ4n) is 3.54. The number of nitrogens with zero attached hydrogens (tertiary/aromatic N) is 2. The summed E-state index contributed by atoms with van der Waals surface area (Å²) in [7, 11) is 2.15. The Hall–Kier alpha value is -0.610. The van der Waals surface area contributed by atoms with Crippen LogP contribution in [0.15, 0.2) is 0 Å². The molecular weight excluding hydrogens is 240 g/mol. The van der Waals surface area contributed by atoms with Gasteiger partial charge in [-0.2, -0.15) is 0 Å². The van der Waals surface area contributed by atoms with Crippen LogP contribution in [0.1, 0.15) is 45.4 Å². The van der Waals surface area contributed by atoms with E-state index in [1.54, 1.807) is 0 Å². The van der Waals surface area contributed by atoms with Crippen LogP contribution in [0.2, 0.25) is 0 Å². The number of carbonyl (C=O) groups is 1. The fraction of sp³-hybridized carbons (Fsp3) is 0.933. The van der Waals surface area contributed by atoms with Gasteiger partial charge in [-0.05, 0) is 26.8 Å². The number of carboxylic acid groups (broad SMARTS) is 1. The van der Waals surface area contributed by atoms with E-state index in [4.69, 9.17) is 0 Å². The van der Waals surface area contributed by atoms with Crippen molar-refractivity contribution in [3.05, 3.63) is 0 Å². The largest absolute Gasteiger partial charge is 0.481 e. The lowest BCUT2D eigenvalue weighted by molar-refractivity contribution is -0.151. The van der Waals surface area contributed by atoms with E-state index >= 15 is 0 Å². The third-order valence-corrected chi connectivity index (χ3v) is 5.08. The molecule has 1 saturated carbocycles. The summed E-state index contributed by atoms with van der Waals surface area (Å²) in [5.41, 5.74) is -0.480. The van der Waals surface area contributed by atoms with Crippen LogP contribution in [0.3, 0.4) is 0 Å². The lowest BCUT2D eigenvalue weighted by Gasteiger charge is -2.41. The summed E-state index contributed by atoms with van der Waals surface area (Å²) in [6, 6.07) is 0.533. The highest BCUT2D eigenvalue weighted by atomic mass is 16.4. The van der Waals surface area contributed by atoms with Gasteiger partial charge in [0.25, 0.3) is 0 Å². The number of carboxylic acids is 1. The van der Waals surface area contributed by atoms with Gasteiger partial charge in [0, 0.05) is 32.2 Å². The maximum Gasteiger partial charge on any atom is 0.310 e. The Labute approximate surface area is 116 Å². The Morgan fingerprint density at radius 2 is 1.84 bits per heavy atom. The zero-order valence-electron chi connectivity index (χ0n) is 12.4. The van der Waals surface area contributed by atoms with Crippen LogP contribution in [-0.2, 0) is 4.79 Å². The first-order chi connectivity index (χ1) is 9.03. The highest BCUT2D eigenvalue weighted by Gasteiger charge is 2.40. The van der Waals surface area contributed by atoms with E-state index in [0.29, 0.717) is 6.04 Å². The first kappa shape index (κ1) is 14.8. The predicted molar refractivity (Wildman–Crippen MR) is 76.3 cm³/mol. The molecule has 1 heterocycles. The van der Waals surface area contributed by atoms with Crippen molar-refractivity contribution in [3.63, 3.8) is 0 Å². The van der Waals surface area contributed by atoms with Crippen LogP contribution in [0.4, 0.5) is 0 Å². The minimum absolute atomic E-state index is 0.480. The number of piperazine rings is 1. The summed E-state index contributed by atoms with van der Waals surface area (Å²) >= 11 is 0. The number of aliphatic carboxylic acids is 1. The maximum atomic E-state index is 11.8. The van der Waals surface area contributed by atoms with E-state index in [2.05, 4.69) is 23.8 Å². The lowest BCUT2D eigenvalue weighted by Crippen LogP contribution is -2.54. The third-order valence-electron chi connectivity index (χ3n) is 5.08. The van der Waals surface area contributed by atoms with Gasteiger partial charge in [0.05, 0.1) is 5.41 Å². The molecule has 0 bridgehead atoms. The molecule has 2 fully saturated rings. The molecule has 1 atom stereocenters. The number of rotatable bonds is 3. The molecule has 1 saturated heterocycles. The predicted octanol–water partition coefficient (Wildman–Crippen LogP) is 2.05. The van der Waals surface area contributed by atoms with Crippen molar-refractivity contribution in [2.45, 2.75) is 51.5 Å². The highest BCUT2D eigenvalue weighted by molar-refractivity contribution is 5.75. The monoisotopic (exact) mass is 268 g/mol. The lowest BCUT2D eigenvalue weighted by atomic mass is 9.79. The first-order valence-electron chi connectivity index (χ1n) is 7.69. The molecule has 2 aliphatic rings. The maximum absolute atomic E-state index is 11.8. The normalized spacial score (nSPS) is 29.9. The smallest absolute Gasteiger partial charge is 0.310 e. The second-order valence-electron chi connectivity index (χ2n) is 6.56. The molecule has 1 aliphatic heterocycles. The van der Waals surface area contributed by atoms with E-state index in [1.807, 2.05) is 0 Å². The molecule has 4 nitrogen and oxygen atoms in total. The molecule has 0 radical (unpaired) electrons. The fourth-order valence-corrected chi connectivity index (χ4v) is 3.54. The van der Waals surface area contributed by atoms with Crippen molar-refractivity contribution >= 4 is 5.97 Å². The number of hydrogen-bond acceptors (Lipinski definition) is 3. The van der Waals surface area contributed by atoms with Gasteiger partial charge >= 0.3 is 5.97 Å². The van der Waals surface area contributed by atoms with E-state index in [-0.39, 0.29) is 0 Å². The third kappa shape index (κ3) is 3.48. The van der Waals surface area contributed by atoms with Crippen LogP contribution in [0.5, 0.6) is 0 Å². The van der Waals surface area contributed by atoms with E-state index < -0.39 is 11.4 Å². The van der Waals surface area contributed by atoms with E-state index in [1.165, 1.54) is 12.8 Å². The molecule has 2 rings (SSSR count). The van der Waals surface area contributed by atoms with Crippen LogP contribution >= 0.6 is 0 Å². The molecule has 0 aromatic carbocycles. The Morgan fingerprint density at radius 1 is 1.21 bits per heavy atom. The summed E-state index contributed by atoms with van der Waals surface area (Å²) in [6.07, 6.45) is 6.29. The van der Waals surface area contributed by atoms with Gasteiger partial charge in [-0.1, -0.05) is 25.7 Å². The van der Waals surface area contributed by atoms with Gasteiger partial charge in [0.2, 0.25) is 0 Å². The Morgan fingerprint density at radius 3 is 2.37 bits per heavy atom. The second kappa shape index (κ2) is 6.23. The van der Waals surface area contributed by atoms with Crippen molar-refractivity contribution < 1.29 is 9.90 Å². The van der Waals surface area contributed by atoms with Crippen LogP contribution < -0.4 is 0 Å². The minimum atomic E-state index is -0.569. The zero-order chi connectivity index (χ0) is 13.9. The first-order valence-corrected chi connectivity index (χ1v) is 7.69. The Kier molecular flexibility index (Phi) is 4.85. The van der Waals surface area contributed by atoms with Crippen LogP contribution in [0, 0.1) is 5.41 Å². The summed E-state index contributed by atoms with van der Waals surface area (Å²) < 4.78 is 0. The molecule has 0 amide bonds. The van der Waals surface area contributed by atoms with Gasteiger partial charge in [0.15, 0.2) is 0 Å². The SMILES string of the molecule is CC1CN(CC2(C(=O)O)CCCCCC2)CCN1C. The van der Waals surface area contributed by atoms with Crippen molar-refractivity contribution in [1.29, 1.82) is 0 Å². The van der Waals surface area contributed by atoms with Gasteiger partial charge in [-0.15, -0.1) is 0 Å². The Balaban J connectivity index is 2.02. The summed E-state index contributed by atoms with van der Waals surface area (Å²) in [6.45, 7) is 6.05. The molecule has 1 N–H and O–H groups in total. The van der Waals surface area contributed by atoms with Crippen molar-refractivity contribution in [2.75, 3.05) is 33.2 Å². The van der Waals surface area contributed by atoms with Crippen molar-refractivity contribution in [2.24, 2.45) is 5.41 Å². The van der Waals surface area contributed by atoms with Gasteiger partial charge in [-0.25, -0.2) is 0 Å². The summed E-state index contributed by atoms with van der Waals surface area (Å²) in [5.74, 6) is -0.569. The standard InChI is InChI=1S/C15H28N2O2/c1-13-11-17(10-9-16(13)2)12-15(14(18)19)7-5-3-4-6-8-15/h13H,3-12H2,1-2H3,(H,18,19). The van der Waals surface area contributed by atoms with Gasteiger partial charge in [0.1, 0.15) is 0 Å². The average Bonchev–Trinajstić information content (AvgIpc) is 2.60. The second-order valence-corrected chi connectivity index (χ2v) is 6.56. The molecule has 1 unspecified atom stereocenters. The van der Waals surface area contributed by atoms with E-state index in [0.717, 1.165) is 51.9 Å². The summed E-state index contributed by atoms with van der Waals surface area (Å²) in [5, 5.41) is 9.73. The molecule has 4 heteroatoms. The molecule has 110 valence electrons.